The van der Waals surface area contributed by atoms with E-state index in [-0.39, 0.29) is 28.8 Å². The van der Waals surface area contributed by atoms with Crippen LogP contribution in [0.2, 0.25) is 5.15 Å². The van der Waals surface area contributed by atoms with Crippen molar-refractivity contribution in [3.8, 4) is 0 Å². The number of amides is 3. The monoisotopic (exact) mass is 407 g/mol. The standard InChI is InChI=1S/C19H22ClN3O5/c1-10(23-17(25)12-6-3-4-7-13(12)18(23)26)19(27)28-11(2)16(24)22-14-8-5-9-21-15(14)20/h5,8-13H,3-4,6-7H2,1-2H3,(H,22,24)/t10-,11+,12-,13-/m0/s1. The maximum atomic E-state index is 12.6. The number of rotatable bonds is 5. The Bertz CT molecular complexity index is 791. The zero-order valence-corrected chi connectivity index (χ0v) is 16.4. The summed E-state index contributed by atoms with van der Waals surface area (Å²) >= 11 is 5.89. The van der Waals surface area contributed by atoms with Crippen LogP contribution in [0.3, 0.4) is 0 Å². The van der Waals surface area contributed by atoms with E-state index in [1.165, 1.54) is 20.0 Å². The van der Waals surface area contributed by atoms with Gasteiger partial charge in [0, 0.05) is 6.20 Å². The van der Waals surface area contributed by atoms with Crippen LogP contribution in [0.4, 0.5) is 5.69 Å². The van der Waals surface area contributed by atoms with E-state index in [2.05, 4.69) is 10.3 Å². The Balaban J connectivity index is 1.62. The lowest BCUT2D eigenvalue weighted by atomic mass is 9.81. The van der Waals surface area contributed by atoms with Crippen molar-refractivity contribution in [2.24, 2.45) is 11.8 Å². The zero-order valence-electron chi connectivity index (χ0n) is 15.7. The van der Waals surface area contributed by atoms with Gasteiger partial charge >= 0.3 is 5.97 Å². The van der Waals surface area contributed by atoms with Crippen LogP contribution in [0.25, 0.3) is 0 Å². The topological polar surface area (TPSA) is 106 Å². The Kier molecular flexibility index (Phi) is 5.98. The minimum Gasteiger partial charge on any atom is -0.451 e. The Hall–Kier alpha value is -2.48. The van der Waals surface area contributed by atoms with E-state index in [0.29, 0.717) is 18.5 Å². The second-order valence-electron chi connectivity index (χ2n) is 7.13. The zero-order chi connectivity index (χ0) is 20.4. The Labute approximate surface area is 167 Å². The number of esters is 1. The van der Waals surface area contributed by atoms with E-state index < -0.39 is 24.0 Å². The van der Waals surface area contributed by atoms with Crippen molar-refractivity contribution in [1.82, 2.24) is 9.88 Å². The summed E-state index contributed by atoms with van der Waals surface area (Å²) in [7, 11) is 0. The average molecular weight is 408 g/mol. The number of nitrogens with zero attached hydrogens (tertiary/aromatic N) is 2. The fraction of sp³-hybridized carbons (Fsp3) is 0.526. The minimum atomic E-state index is -1.14. The second kappa shape index (κ2) is 8.26. The molecule has 0 aromatic carbocycles. The molecule has 4 atom stereocenters. The summed E-state index contributed by atoms with van der Waals surface area (Å²) < 4.78 is 5.19. The predicted octanol–water partition coefficient (Wildman–Crippen LogP) is 2.17. The molecule has 9 heteroatoms. The van der Waals surface area contributed by atoms with Gasteiger partial charge in [0.15, 0.2) is 11.3 Å². The molecule has 0 unspecified atom stereocenters. The van der Waals surface area contributed by atoms with Crippen LogP contribution in [-0.4, -0.2) is 45.7 Å². The summed E-state index contributed by atoms with van der Waals surface area (Å²) in [6.45, 7) is 2.84. The lowest BCUT2D eigenvalue weighted by Gasteiger charge is -2.23. The molecule has 1 saturated carbocycles. The number of halogens is 1. The van der Waals surface area contributed by atoms with Gasteiger partial charge in [-0.3, -0.25) is 19.3 Å². The molecule has 1 N–H and O–H groups in total. The third-order valence-corrected chi connectivity index (χ3v) is 5.58. The van der Waals surface area contributed by atoms with E-state index in [4.69, 9.17) is 16.3 Å². The highest BCUT2D eigenvalue weighted by atomic mass is 35.5. The fourth-order valence-electron chi connectivity index (χ4n) is 3.71. The second-order valence-corrected chi connectivity index (χ2v) is 7.49. The van der Waals surface area contributed by atoms with Crippen molar-refractivity contribution in [3.05, 3.63) is 23.5 Å². The van der Waals surface area contributed by atoms with Crippen molar-refractivity contribution in [2.45, 2.75) is 51.7 Å². The molecule has 3 amide bonds. The van der Waals surface area contributed by atoms with Crippen molar-refractivity contribution >= 4 is 41.0 Å². The molecule has 1 aliphatic carbocycles. The molecule has 8 nitrogen and oxygen atoms in total. The van der Waals surface area contributed by atoms with Gasteiger partial charge in [0.1, 0.15) is 6.04 Å². The molecule has 150 valence electrons. The molecule has 0 spiro atoms. The van der Waals surface area contributed by atoms with Crippen molar-refractivity contribution in [2.75, 3.05) is 5.32 Å². The lowest BCUT2D eigenvalue weighted by molar-refractivity contribution is -0.163. The number of carbonyl (C=O) groups is 4. The molecule has 0 bridgehead atoms. The first-order valence-corrected chi connectivity index (χ1v) is 9.68. The first-order valence-electron chi connectivity index (χ1n) is 9.30. The van der Waals surface area contributed by atoms with E-state index in [1.807, 2.05) is 0 Å². The summed E-state index contributed by atoms with van der Waals surface area (Å²) in [5.74, 6) is -2.73. The fourth-order valence-corrected chi connectivity index (χ4v) is 3.88. The van der Waals surface area contributed by atoms with Crippen molar-refractivity contribution in [1.29, 1.82) is 0 Å². The minimum absolute atomic E-state index is 0.110. The van der Waals surface area contributed by atoms with E-state index in [0.717, 1.165) is 17.7 Å². The maximum Gasteiger partial charge on any atom is 0.329 e. The number of carbonyl (C=O) groups excluding carboxylic acids is 4. The number of anilines is 1. The number of hydrogen-bond donors (Lipinski definition) is 1. The first-order chi connectivity index (χ1) is 13.3. The smallest absolute Gasteiger partial charge is 0.329 e. The predicted molar refractivity (Wildman–Crippen MR) is 100 cm³/mol. The molecular weight excluding hydrogens is 386 g/mol. The molecule has 2 aliphatic rings. The third-order valence-electron chi connectivity index (χ3n) is 5.28. The SMILES string of the molecule is C[C@@H](OC(=O)[C@H](C)N1C(=O)[C@H]2CCCC[C@@H]2C1=O)C(=O)Nc1cccnc1Cl. The molecule has 1 aromatic heterocycles. The molecule has 1 aromatic rings. The van der Waals surface area contributed by atoms with Gasteiger partial charge in [0.05, 0.1) is 17.5 Å². The molecule has 3 rings (SSSR count). The number of imide groups is 1. The van der Waals surface area contributed by atoms with E-state index in [1.54, 1.807) is 12.1 Å². The summed E-state index contributed by atoms with van der Waals surface area (Å²) in [5, 5.41) is 2.63. The molecule has 2 heterocycles. The largest absolute Gasteiger partial charge is 0.451 e. The molecule has 2 fully saturated rings. The van der Waals surface area contributed by atoms with Gasteiger partial charge in [-0.05, 0) is 38.8 Å². The normalized spacial score (nSPS) is 23.8. The quantitative estimate of drug-likeness (QED) is 0.455. The number of ether oxygens (including phenoxy) is 1. The van der Waals surface area contributed by atoms with E-state index >= 15 is 0 Å². The van der Waals surface area contributed by atoms with Gasteiger partial charge in [0.25, 0.3) is 5.91 Å². The van der Waals surface area contributed by atoms with Gasteiger partial charge in [-0.2, -0.15) is 0 Å². The van der Waals surface area contributed by atoms with Crippen molar-refractivity contribution in [3.63, 3.8) is 0 Å². The molecule has 0 radical (unpaired) electrons. The summed E-state index contributed by atoms with van der Waals surface area (Å²) in [6, 6.07) is 2.08. The highest BCUT2D eigenvalue weighted by Crippen LogP contribution is 2.39. The van der Waals surface area contributed by atoms with Crippen molar-refractivity contribution < 1.29 is 23.9 Å². The van der Waals surface area contributed by atoms with Crippen LogP contribution in [0, 0.1) is 11.8 Å². The lowest BCUT2D eigenvalue weighted by Crippen LogP contribution is -2.46. The Morgan fingerprint density at radius 1 is 1.21 bits per heavy atom. The summed E-state index contributed by atoms with van der Waals surface area (Å²) in [4.78, 5) is 54.8. The van der Waals surface area contributed by atoms with Gasteiger partial charge in [0.2, 0.25) is 11.8 Å². The Morgan fingerprint density at radius 3 is 2.39 bits per heavy atom. The van der Waals surface area contributed by atoms with Crippen LogP contribution in [-0.2, 0) is 23.9 Å². The number of likely N-dealkylation sites (tertiary alicyclic amines) is 1. The first kappa shape index (κ1) is 20.3. The van der Waals surface area contributed by atoms with Crippen LogP contribution >= 0.6 is 11.6 Å². The summed E-state index contributed by atoms with van der Waals surface area (Å²) in [6.07, 6.45) is 3.48. The average Bonchev–Trinajstić information content (AvgIpc) is 2.93. The number of aromatic nitrogens is 1. The number of fused-ring (bicyclic) bond motifs is 1. The number of nitrogens with one attached hydrogen (secondary N) is 1. The molecular formula is C19H22ClN3O5. The number of hydrogen-bond acceptors (Lipinski definition) is 6. The highest BCUT2D eigenvalue weighted by Gasteiger charge is 2.51. The Morgan fingerprint density at radius 2 is 1.82 bits per heavy atom. The van der Waals surface area contributed by atoms with Crippen LogP contribution in [0.15, 0.2) is 18.3 Å². The van der Waals surface area contributed by atoms with Crippen LogP contribution in [0.1, 0.15) is 39.5 Å². The molecule has 28 heavy (non-hydrogen) atoms. The third kappa shape index (κ3) is 3.87. The number of pyridine rings is 1. The van der Waals surface area contributed by atoms with Gasteiger partial charge < -0.3 is 10.1 Å². The van der Waals surface area contributed by atoms with E-state index in [9.17, 15) is 19.2 Å². The van der Waals surface area contributed by atoms with Crippen LogP contribution in [0.5, 0.6) is 0 Å². The van der Waals surface area contributed by atoms with Crippen LogP contribution < -0.4 is 5.32 Å². The molecule has 1 saturated heterocycles. The van der Waals surface area contributed by atoms with Gasteiger partial charge in [-0.25, -0.2) is 9.78 Å². The van der Waals surface area contributed by atoms with Gasteiger partial charge in [-0.15, -0.1) is 0 Å². The highest BCUT2D eigenvalue weighted by molar-refractivity contribution is 6.32. The summed E-state index contributed by atoms with van der Waals surface area (Å²) in [5.41, 5.74) is 0.291. The molecule has 1 aliphatic heterocycles. The maximum absolute atomic E-state index is 12.6. The van der Waals surface area contributed by atoms with Gasteiger partial charge in [-0.1, -0.05) is 24.4 Å².